The van der Waals surface area contributed by atoms with E-state index in [4.69, 9.17) is 10.5 Å². The third-order valence-electron chi connectivity index (χ3n) is 2.39. The van der Waals surface area contributed by atoms with Crippen LogP contribution in [0.4, 0.5) is 0 Å². The van der Waals surface area contributed by atoms with E-state index >= 15 is 0 Å². The molecule has 0 aromatic heterocycles. The van der Waals surface area contributed by atoms with Gasteiger partial charge >= 0.3 is 0 Å². The van der Waals surface area contributed by atoms with Gasteiger partial charge in [0.2, 0.25) is 10.0 Å². The Kier molecular flexibility index (Phi) is 8.39. The summed E-state index contributed by atoms with van der Waals surface area (Å²) in [6.45, 7) is 1.61. The Balaban J connectivity index is 4.16. The molecule has 0 N–H and O–H groups in total. The molecule has 17 heavy (non-hydrogen) atoms. The Morgan fingerprint density at radius 1 is 1.00 bits per heavy atom. The van der Waals surface area contributed by atoms with Crippen molar-refractivity contribution < 1.29 is 8.42 Å². The Bertz CT molecular complexity index is 363. The van der Waals surface area contributed by atoms with Crippen molar-refractivity contribution in [2.45, 2.75) is 39.0 Å². The van der Waals surface area contributed by atoms with Gasteiger partial charge in [0.05, 0.1) is 17.9 Å². The highest BCUT2D eigenvalue weighted by Gasteiger charge is 2.20. The van der Waals surface area contributed by atoms with E-state index in [9.17, 15) is 8.42 Å². The SMILES string of the molecule is CCCCCCCS(=O)(=O)N(CC#N)CC#N. The first kappa shape index (κ1) is 15.9. The van der Waals surface area contributed by atoms with Gasteiger partial charge in [0.25, 0.3) is 0 Å². The molecule has 96 valence electrons. The lowest BCUT2D eigenvalue weighted by atomic mass is 10.2. The fourth-order valence-electron chi connectivity index (χ4n) is 1.43. The minimum atomic E-state index is -3.45. The third kappa shape index (κ3) is 6.93. The van der Waals surface area contributed by atoms with Gasteiger partial charge in [0.1, 0.15) is 13.1 Å². The molecule has 0 rings (SSSR count). The highest BCUT2D eigenvalue weighted by atomic mass is 32.2. The minimum Gasteiger partial charge on any atom is -0.212 e. The lowest BCUT2D eigenvalue weighted by molar-refractivity contribution is 0.476. The highest BCUT2D eigenvalue weighted by Crippen LogP contribution is 2.07. The van der Waals surface area contributed by atoms with Crippen LogP contribution in [0.3, 0.4) is 0 Å². The number of rotatable bonds is 9. The van der Waals surface area contributed by atoms with Crippen LogP contribution in [0, 0.1) is 22.7 Å². The van der Waals surface area contributed by atoms with Crippen molar-refractivity contribution in [2.24, 2.45) is 0 Å². The van der Waals surface area contributed by atoms with Crippen LogP contribution in [-0.4, -0.2) is 31.6 Å². The van der Waals surface area contributed by atoms with Gasteiger partial charge in [-0.15, -0.1) is 0 Å². The minimum absolute atomic E-state index is 0.0279. The second-order valence-corrected chi connectivity index (χ2v) is 5.90. The van der Waals surface area contributed by atoms with Crippen molar-refractivity contribution in [3.05, 3.63) is 0 Å². The monoisotopic (exact) mass is 257 g/mol. The average Bonchev–Trinajstić information content (AvgIpc) is 2.28. The van der Waals surface area contributed by atoms with Gasteiger partial charge < -0.3 is 0 Å². The normalized spacial score (nSPS) is 11.1. The van der Waals surface area contributed by atoms with Gasteiger partial charge in [-0.25, -0.2) is 8.42 Å². The van der Waals surface area contributed by atoms with Crippen LogP contribution in [0.25, 0.3) is 0 Å². The predicted octanol–water partition coefficient (Wildman–Crippen LogP) is 1.64. The summed E-state index contributed by atoms with van der Waals surface area (Å²) in [5.41, 5.74) is 0. The fraction of sp³-hybridized carbons (Fsp3) is 0.818. The summed E-state index contributed by atoms with van der Waals surface area (Å²) >= 11 is 0. The zero-order valence-electron chi connectivity index (χ0n) is 10.2. The van der Waals surface area contributed by atoms with Crippen molar-refractivity contribution in [3.63, 3.8) is 0 Å². The first-order chi connectivity index (χ1) is 8.08. The summed E-state index contributed by atoms with van der Waals surface area (Å²) in [4.78, 5) is 0. The summed E-state index contributed by atoms with van der Waals surface area (Å²) in [6.07, 6.45) is 4.72. The molecule has 0 bridgehead atoms. The van der Waals surface area contributed by atoms with Gasteiger partial charge in [-0.05, 0) is 6.42 Å². The molecule has 0 aliphatic carbocycles. The van der Waals surface area contributed by atoms with Crippen LogP contribution in [0.1, 0.15) is 39.0 Å². The van der Waals surface area contributed by atoms with Crippen molar-refractivity contribution >= 4 is 10.0 Å². The summed E-state index contributed by atoms with van der Waals surface area (Å²) in [5, 5.41) is 17.0. The molecule has 0 spiro atoms. The lowest BCUT2D eigenvalue weighted by Gasteiger charge is -2.15. The standard InChI is InChI=1S/C11H19N3O2S/c1-2-3-4-5-6-11-17(15,16)14(9-7-12)10-8-13/h2-6,9-11H2,1H3. The number of hydrogen-bond acceptors (Lipinski definition) is 4. The Hall–Kier alpha value is -1.11. The molecule has 0 aliphatic rings. The van der Waals surface area contributed by atoms with E-state index in [1.165, 1.54) is 0 Å². The Morgan fingerprint density at radius 2 is 1.53 bits per heavy atom. The summed E-state index contributed by atoms with van der Waals surface area (Å²) in [5.74, 6) is 0.0279. The maximum atomic E-state index is 11.8. The third-order valence-corrected chi connectivity index (χ3v) is 4.24. The summed E-state index contributed by atoms with van der Waals surface area (Å²) < 4.78 is 24.5. The molecular weight excluding hydrogens is 238 g/mol. The molecule has 0 aromatic carbocycles. The van der Waals surface area contributed by atoms with Gasteiger partial charge in [-0.2, -0.15) is 14.8 Å². The van der Waals surface area contributed by atoms with Crippen LogP contribution in [0.2, 0.25) is 0 Å². The van der Waals surface area contributed by atoms with Crippen LogP contribution in [0.15, 0.2) is 0 Å². The molecule has 0 aliphatic heterocycles. The van der Waals surface area contributed by atoms with E-state index in [-0.39, 0.29) is 18.8 Å². The van der Waals surface area contributed by atoms with Crippen LogP contribution in [0.5, 0.6) is 0 Å². The van der Waals surface area contributed by atoms with Gasteiger partial charge in [-0.1, -0.05) is 32.6 Å². The van der Waals surface area contributed by atoms with E-state index in [2.05, 4.69) is 6.92 Å². The van der Waals surface area contributed by atoms with Crippen molar-refractivity contribution in [3.8, 4) is 12.1 Å². The summed E-state index contributed by atoms with van der Waals surface area (Å²) in [7, 11) is -3.45. The number of nitrogens with zero attached hydrogens (tertiary/aromatic N) is 3. The largest absolute Gasteiger partial charge is 0.215 e. The second-order valence-electron chi connectivity index (χ2n) is 3.81. The molecule has 5 nitrogen and oxygen atoms in total. The number of unbranched alkanes of at least 4 members (excludes halogenated alkanes) is 4. The first-order valence-electron chi connectivity index (χ1n) is 5.80. The quantitative estimate of drug-likeness (QED) is 0.464. The van der Waals surface area contributed by atoms with Gasteiger partial charge in [-0.3, -0.25) is 0 Å². The maximum absolute atomic E-state index is 11.8. The lowest BCUT2D eigenvalue weighted by Crippen LogP contribution is -2.33. The molecule has 0 radical (unpaired) electrons. The van der Waals surface area contributed by atoms with Gasteiger partial charge in [0.15, 0.2) is 0 Å². The molecule has 0 saturated heterocycles. The average molecular weight is 257 g/mol. The smallest absolute Gasteiger partial charge is 0.212 e. The molecule has 0 aromatic rings. The molecule has 0 heterocycles. The first-order valence-corrected chi connectivity index (χ1v) is 7.41. The van der Waals surface area contributed by atoms with Crippen molar-refractivity contribution in [2.75, 3.05) is 18.8 Å². The Morgan fingerprint density at radius 3 is 2.00 bits per heavy atom. The maximum Gasteiger partial charge on any atom is 0.215 e. The zero-order chi connectivity index (χ0) is 13.1. The Labute approximate surface area is 104 Å². The van der Waals surface area contributed by atoms with Gasteiger partial charge in [0, 0.05) is 0 Å². The number of sulfonamides is 1. The van der Waals surface area contributed by atoms with Crippen molar-refractivity contribution in [1.29, 1.82) is 10.5 Å². The van der Waals surface area contributed by atoms with E-state index in [1.807, 2.05) is 0 Å². The number of hydrogen-bond donors (Lipinski definition) is 0. The number of nitriles is 2. The van der Waals surface area contributed by atoms with E-state index in [1.54, 1.807) is 12.1 Å². The highest BCUT2D eigenvalue weighted by molar-refractivity contribution is 7.89. The van der Waals surface area contributed by atoms with Crippen LogP contribution in [-0.2, 0) is 10.0 Å². The molecule has 0 amide bonds. The predicted molar refractivity (Wildman–Crippen MR) is 65.3 cm³/mol. The van der Waals surface area contributed by atoms with E-state index < -0.39 is 10.0 Å². The van der Waals surface area contributed by atoms with Crippen LogP contribution < -0.4 is 0 Å². The zero-order valence-corrected chi connectivity index (χ0v) is 11.0. The summed E-state index contributed by atoms with van der Waals surface area (Å²) in [6, 6.07) is 3.53. The van der Waals surface area contributed by atoms with E-state index in [0.29, 0.717) is 6.42 Å². The molecule has 0 unspecified atom stereocenters. The van der Waals surface area contributed by atoms with Crippen molar-refractivity contribution in [1.82, 2.24) is 4.31 Å². The molecular formula is C11H19N3O2S. The van der Waals surface area contributed by atoms with E-state index in [0.717, 1.165) is 30.0 Å². The molecule has 0 atom stereocenters. The van der Waals surface area contributed by atoms with Crippen LogP contribution >= 0.6 is 0 Å². The molecule has 0 fully saturated rings. The molecule has 0 saturated carbocycles. The molecule has 6 heteroatoms. The topological polar surface area (TPSA) is 85.0 Å². The fourth-order valence-corrected chi connectivity index (χ4v) is 2.76. The second kappa shape index (κ2) is 8.98.